The van der Waals surface area contributed by atoms with E-state index in [2.05, 4.69) is 9.97 Å². The Morgan fingerprint density at radius 3 is 1.86 bits per heavy atom. The summed E-state index contributed by atoms with van der Waals surface area (Å²) in [5, 5.41) is 0. The van der Waals surface area contributed by atoms with Gasteiger partial charge in [-0.3, -0.25) is 9.59 Å². The lowest BCUT2D eigenvalue weighted by Crippen LogP contribution is -1.90. The molecule has 0 saturated carbocycles. The van der Waals surface area contributed by atoms with E-state index in [4.69, 9.17) is 0 Å². The first-order valence-corrected chi connectivity index (χ1v) is 5.51. The fourth-order valence-electron chi connectivity index (χ4n) is 1.40. The molecule has 1 aromatic carbocycles. The van der Waals surface area contributed by atoms with Crippen LogP contribution in [0.2, 0.25) is 0 Å². The van der Waals surface area contributed by atoms with Crippen molar-refractivity contribution in [2.45, 2.75) is 0 Å². The third-order valence-corrected chi connectivity index (χ3v) is 3.65. The smallest absolute Gasteiger partial charge is 0.305 e. The van der Waals surface area contributed by atoms with Crippen molar-refractivity contribution >= 4 is 43.1 Å². The lowest BCUT2D eigenvalue weighted by molar-refractivity contribution is 1.39. The first kappa shape index (κ1) is 7.95. The van der Waals surface area contributed by atoms with Crippen LogP contribution in [0.1, 0.15) is 0 Å². The molecule has 2 N–H and O–H groups in total. The molecule has 0 spiro atoms. The van der Waals surface area contributed by atoms with Crippen molar-refractivity contribution in [2.75, 3.05) is 0 Å². The predicted octanol–water partition coefficient (Wildman–Crippen LogP) is 1.49. The van der Waals surface area contributed by atoms with Crippen molar-refractivity contribution in [3.8, 4) is 0 Å². The van der Waals surface area contributed by atoms with Gasteiger partial charge in [-0.1, -0.05) is 22.7 Å². The van der Waals surface area contributed by atoms with Crippen LogP contribution in [0, 0.1) is 0 Å². The maximum absolute atomic E-state index is 11.1. The number of nitrogens with one attached hydrogen (secondary N) is 2. The largest absolute Gasteiger partial charge is 0.312 e. The van der Waals surface area contributed by atoms with E-state index in [9.17, 15) is 9.59 Å². The summed E-state index contributed by atoms with van der Waals surface area (Å²) in [5.74, 6) is 0. The molecule has 6 heteroatoms. The highest BCUT2D eigenvalue weighted by atomic mass is 32.1. The average Bonchev–Trinajstić information content (AvgIpc) is 2.59. The zero-order valence-electron chi connectivity index (χ0n) is 6.79. The van der Waals surface area contributed by atoms with Gasteiger partial charge in [-0.2, -0.15) is 0 Å². The molecule has 2 heterocycles. The molecule has 0 aliphatic carbocycles. The molecular weight excluding hydrogens is 220 g/mol. The highest BCUT2D eigenvalue weighted by Gasteiger charge is 2.04. The number of benzene rings is 1. The van der Waals surface area contributed by atoms with E-state index in [1.54, 1.807) is 6.07 Å². The first-order chi connectivity index (χ1) is 6.72. The maximum atomic E-state index is 11.1. The van der Waals surface area contributed by atoms with E-state index in [0.717, 1.165) is 43.1 Å². The molecule has 3 aromatic rings. The second-order valence-corrected chi connectivity index (χ2v) is 4.90. The van der Waals surface area contributed by atoms with Gasteiger partial charge in [-0.25, -0.2) is 0 Å². The van der Waals surface area contributed by atoms with E-state index in [-0.39, 0.29) is 9.75 Å². The summed E-state index contributed by atoms with van der Waals surface area (Å²) in [6.07, 6.45) is 0. The summed E-state index contributed by atoms with van der Waals surface area (Å²) in [6, 6.07) is 3.65. The zero-order valence-corrected chi connectivity index (χ0v) is 8.42. The molecule has 0 fully saturated rings. The first-order valence-electron chi connectivity index (χ1n) is 3.88. The molecule has 0 unspecified atom stereocenters. The lowest BCUT2D eigenvalue weighted by Gasteiger charge is -1.87. The number of H-pyrrole nitrogens is 2. The minimum Gasteiger partial charge on any atom is -0.312 e. The van der Waals surface area contributed by atoms with Gasteiger partial charge in [0.25, 0.3) is 0 Å². The van der Waals surface area contributed by atoms with Crippen molar-refractivity contribution < 1.29 is 0 Å². The molecule has 4 nitrogen and oxygen atoms in total. The van der Waals surface area contributed by atoms with Crippen LogP contribution >= 0.6 is 22.7 Å². The fraction of sp³-hybridized carbons (Fsp3) is 0. The van der Waals surface area contributed by atoms with Crippen LogP contribution in [0.25, 0.3) is 20.4 Å². The van der Waals surface area contributed by atoms with Crippen molar-refractivity contribution in [2.24, 2.45) is 0 Å². The molecule has 2 aromatic heterocycles. The minimum atomic E-state index is -0.0694. The minimum absolute atomic E-state index is 0.0694. The van der Waals surface area contributed by atoms with E-state index in [1.807, 2.05) is 6.07 Å². The number of thiazole rings is 2. The normalized spacial score (nSPS) is 11.4. The van der Waals surface area contributed by atoms with Gasteiger partial charge >= 0.3 is 9.75 Å². The van der Waals surface area contributed by atoms with Crippen LogP contribution in [0.4, 0.5) is 0 Å². The predicted molar refractivity (Wildman–Crippen MR) is 58.4 cm³/mol. The summed E-state index contributed by atoms with van der Waals surface area (Å²) in [6.45, 7) is 0. The van der Waals surface area contributed by atoms with Crippen molar-refractivity contribution in [1.82, 2.24) is 9.97 Å². The molecule has 3 rings (SSSR count). The monoisotopic (exact) mass is 224 g/mol. The Hall–Kier alpha value is -1.40. The Morgan fingerprint density at radius 1 is 0.857 bits per heavy atom. The van der Waals surface area contributed by atoms with Crippen LogP contribution in [-0.2, 0) is 0 Å². The van der Waals surface area contributed by atoms with Gasteiger partial charge < -0.3 is 9.97 Å². The Bertz CT molecular complexity index is 614. The lowest BCUT2D eigenvalue weighted by atomic mass is 10.3. The van der Waals surface area contributed by atoms with Crippen LogP contribution < -0.4 is 9.75 Å². The van der Waals surface area contributed by atoms with Crippen molar-refractivity contribution in [3.63, 3.8) is 0 Å². The molecule has 70 valence electrons. The highest BCUT2D eigenvalue weighted by molar-refractivity contribution is 7.18. The molecule has 0 saturated heterocycles. The quantitative estimate of drug-likeness (QED) is 0.607. The van der Waals surface area contributed by atoms with E-state index < -0.39 is 0 Å². The topological polar surface area (TPSA) is 65.7 Å². The molecule has 0 aliphatic rings. The molecule has 14 heavy (non-hydrogen) atoms. The second-order valence-electron chi connectivity index (χ2n) is 2.87. The number of aromatic nitrogens is 2. The van der Waals surface area contributed by atoms with Crippen LogP contribution in [-0.4, -0.2) is 9.97 Å². The Kier molecular flexibility index (Phi) is 1.45. The molecule has 0 bridgehead atoms. The van der Waals surface area contributed by atoms with Crippen LogP contribution in [0.5, 0.6) is 0 Å². The van der Waals surface area contributed by atoms with Gasteiger partial charge in [0.15, 0.2) is 0 Å². The standard InChI is InChI=1S/C8H4N2O2S2/c11-7-9-3-1-4-6(2-5(3)13-7)14-8(12)10-4/h1-2H,(H,9,11)(H,10,12). The second kappa shape index (κ2) is 2.55. The fourth-order valence-corrected chi connectivity index (χ4v) is 2.99. The summed E-state index contributed by atoms with van der Waals surface area (Å²) in [5.41, 5.74) is 1.56. The molecular formula is C8H4N2O2S2. The van der Waals surface area contributed by atoms with Crippen molar-refractivity contribution in [1.29, 1.82) is 0 Å². The number of fused-ring (bicyclic) bond motifs is 2. The Labute approximate surface area is 84.8 Å². The Balaban J connectivity index is 2.61. The van der Waals surface area contributed by atoms with Gasteiger partial charge in [-0.15, -0.1) is 0 Å². The van der Waals surface area contributed by atoms with E-state index >= 15 is 0 Å². The summed E-state index contributed by atoms with van der Waals surface area (Å²) >= 11 is 2.31. The number of aromatic amines is 2. The number of hydrogen-bond acceptors (Lipinski definition) is 4. The van der Waals surface area contributed by atoms with Crippen LogP contribution in [0.3, 0.4) is 0 Å². The van der Waals surface area contributed by atoms with Crippen molar-refractivity contribution in [3.05, 3.63) is 31.5 Å². The van der Waals surface area contributed by atoms with E-state index in [0.29, 0.717) is 0 Å². The van der Waals surface area contributed by atoms with Crippen LogP contribution in [0.15, 0.2) is 21.7 Å². The summed E-state index contributed by atoms with van der Waals surface area (Å²) in [7, 11) is 0. The SMILES string of the molecule is O=c1[nH]c2cc3[nH]c(=O)sc3cc2s1. The van der Waals surface area contributed by atoms with E-state index in [1.165, 1.54) is 0 Å². The van der Waals surface area contributed by atoms with Gasteiger partial charge in [0.1, 0.15) is 0 Å². The van der Waals surface area contributed by atoms with Gasteiger partial charge in [-0.05, 0) is 12.1 Å². The summed E-state index contributed by atoms with van der Waals surface area (Å²) in [4.78, 5) is 27.4. The maximum Gasteiger partial charge on any atom is 0.305 e. The third kappa shape index (κ3) is 1.04. The highest BCUT2D eigenvalue weighted by Crippen LogP contribution is 2.22. The van der Waals surface area contributed by atoms with Gasteiger partial charge in [0.05, 0.1) is 20.4 Å². The molecule has 0 amide bonds. The third-order valence-electron chi connectivity index (χ3n) is 1.96. The van der Waals surface area contributed by atoms with Gasteiger partial charge in [0, 0.05) is 0 Å². The molecule has 0 atom stereocenters. The number of hydrogen-bond donors (Lipinski definition) is 2. The zero-order chi connectivity index (χ0) is 9.71. The number of rotatable bonds is 0. The van der Waals surface area contributed by atoms with Gasteiger partial charge in [0.2, 0.25) is 0 Å². The summed E-state index contributed by atoms with van der Waals surface area (Å²) < 4.78 is 1.77. The molecule has 0 radical (unpaired) electrons. The molecule has 0 aliphatic heterocycles. The Morgan fingerprint density at radius 2 is 1.36 bits per heavy atom. The average molecular weight is 224 g/mol.